The van der Waals surface area contributed by atoms with Crippen molar-refractivity contribution in [1.82, 2.24) is 0 Å². The molecular formula is C33H61O7P3. The highest BCUT2D eigenvalue weighted by Gasteiger charge is 2.55. The number of benzene rings is 2. The molecule has 0 aliphatic rings. The lowest BCUT2D eigenvalue weighted by atomic mass is 9.60. The van der Waals surface area contributed by atoms with Crippen LogP contribution in [0.5, 0.6) is 0 Å². The first kappa shape index (κ1) is 44.6. The molecule has 0 bridgehead atoms. The quantitative estimate of drug-likeness (QED) is 0.206. The molecule has 250 valence electrons. The van der Waals surface area contributed by atoms with Gasteiger partial charge in [-0.2, -0.15) is 19.8 Å². The molecular weight excluding hydrogens is 601 g/mol. The standard InChI is InChI=1S/C33H52O4.H3O3P.2H3P/c1-28(2,3)22-13-15-24(26(17-22)30(7,8)9)33(37,32(19-34,20-35)21-36)25-16-14-23(29(4,5)6)18-27(25)31(10,11)12;1-4(2)3;;/h13-18,34-37H,19-21H2,1-12H3;1-3H;2*1H3. The van der Waals surface area contributed by atoms with E-state index in [0.29, 0.717) is 11.1 Å². The molecule has 7 N–H and O–H groups in total. The van der Waals surface area contributed by atoms with Gasteiger partial charge in [0.2, 0.25) is 0 Å². The molecule has 2 atom stereocenters. The van der Waals surface area contributed by atoms with Crippen molar-refractivity contribution in [2.75, 3.05) is 19.8 Å². The maximum Gasteiger partial charge on any atom is 0.324 e. The minimum absolute atomic E-state index is 0. The van der Waals surface area contributed by atoms with Crippen LogP contribution in [-0.4, -0.2) is 54.9 Å². The van der Waals surface area contributed by atoms with Gasteiger partial charge in [-0.3, -0.25) is 0 Å². The van der Waals surface area contributed by atoms with Crippen molar-refractivity contribution in [2.24, 2.45) is 5.41 Å². The first-order valence-electron chi connectivity index (χ1n) is 14.1. The molecule has 2 rings (SSSR count). The Morgan fingerprint density at radius 2 is 0.744 bits per heavy atom. The second kappa shape index (κ2) is 15.8. The van der Waals surface area contributed by atoms with Gasteiger partial charge in [0.05, 0.1) is 25.2 Å². The molecule has 0 fully saturated rings. The monoisotopic (exact) mass is 662 g/mol. The second-order valence-corrected chi connectivity index (χ2v) is 15.8. The third kappa shape index (κ3) is 10.2. The summed E-state index contributed by atoms with van der Waals surface area (Å²) in [6.45, 7) is 23.8. The lowest BCUT2D eigenvalue weighted by molar-refractivity contribution is -0.137. The van der Waals surface area contributed by atoms with E-state index in [0.717, 1.165) is 22.3 Å². The summed E-state index contributed by atoms with van der Waals surface area (Å²) in [5.41, 5.74) is 0.863. The Morgan fingerprint density at radius 1 is 0.488 bits per heavy atom. The Balaban J connectivity index is 0. The van der Waals surface area contributed by atoms with Crippen molar-refractivity contribution >= 4 is 28.4 Å². The highest BCUT2D eigenvalue weighted by Crippen LogP contribution is 2.51. The summed E-state index contributed by atoms with van der Waals surface area (Å²) in [5, 5.41) is 45.2. The van der Waals surface area contributed by atoms with E-state index in [1.165, 1.54) is 0 Å². The van der Waals surface area contributed by atoms with Crippen molar-refractivity contribution in [3.8, 4) is 0 Å². The van der Waals surface area contributed by atoms with Gasteiger partial charge in [-0.05, 0) is 55.0 Å². The average molecular weight is 663 g/mol. The minimum Gasteiger partial charge on any atom is -0.395 e. The minimum atomic E-state index is -2.62. The molecule has 43 heavy (non-hydrogen) atoms. The molecule has 0 heterocycles. The topological polar surface area (TPSA) is 142 Å². The van der Waals surface area contributed by atoms with Gasteiger partial charge in [-0.1, -0.05) is 119 Å². The van der Waals surface area contributed by atoms with Crippen molar-refractivity contribution in [3.05, 3.63) is 69.8 Å². The Kier molecular flexibility index (Phi) is 16.4. The first-order chi connectivity index (χ1) is 18.3. The van der Waals surface area contributed by atoms with Crippen LogP contribution in [0.15, 0.2) is 36.4 Å². The largest absolute Gasteiger partial charge is 0.395 e. The van der Waals surface area contributed by atoms with Gasteiger partial charge in [-0.25, -0.2) is 0 Å². The summed E-state index contributed by atoms with van der Waals surface area (Å²) in [4.78, 5) is 21.7. The fraction of sp³-hybridized carbons (Fsp3) is 0.636. The molecule has 0 spiro atoms. The average Bonchev–Trinajstić information content (AvgIpc) is 2.82. The first-order valence-corrected chi connectivity index (χ1v) is 15.3. The van der Waals surface area contributed by atoms with E-state index in [9.17, 15) is 20.4 Å². The summed E-state index contributed by atoms with van der Waals surface area (Å²) < 4.78 is 0. The molecule has 0 aliphatic carbocycles. The predicted molar refractivity (Wildman–Crippen MR) is 190 cm³/mol. The van der Waals surface area contributed by atoms with Gasteiger partial charge in [-0.15, -0.1) is 0 Å². The lowest BCUT2D eigenvalue weighted by Gasteiger charge is -2.49. The Labute approximate surface area is 268 Å². The van der Waals surface area contributed by atoms with E-state index in [1.54, 1.807) is 0 Å². The van der Waals surface area contributed by atoms with E-state index in [4.69, 9.17) is 14.7 Å². The fourth-order valence-electron chi connectivity index (χ4n) is 5.10. The summed E-state index contributed by atoms with van der Waals surface area (Å²) in [6, 6.07) is 12.2. The maximum atomic E-state index is 13.1. The van der Waals surface area contributed by atoms with Crippen LogP contribution in [-0.2, 0) is 27.3 Å². The van der Waals surface area contributed by atoms with Crippen LogP contribution in [0.3, 0.4) is 0 Å². The van der Waals surface area contributed by atoms with Crippen LogP contribution in [0.4, 0.5) is 0 Å². The smallest absolute Gasteiger partial charge is 0.324 e. The Morgan fingerprint density at radius 3 is 0.930 bits per heavy atom. The molecule has 0 amide bonds. The van der Waals surface area contributed by atoms with Crippen LogP contribution >= 0.6 is 28.4 Å². The molecule has 0 radical (unpaired) electrons. The molecule has 7 nitrogen and oxygen atoms in total. The molecule has 2 unspecified atom stereocenters. The number of aliphatic hydroxyl groups excluding tert-OH is 3. The van der Waals surface area contributed by atoms with Gasteiger partial charge in [0.15, 0.2) is 0 Å². The fourth-order valence-corrected chi connectivity index (χ4v) is 5.10. The third-order valence-electron chi connectivity index (χ3n) is 7.84. The summed E-state index contributed by atoms with van der Waals surface area (Å²) in [7, 11) is -2.62. The number of hydrogen-bond donors (Lipinski definition) is 7. The van der Waals surface area contributed by atoms with Crippen molar-refractivity contribution < 1.29 is 35.1 Å². The molecule has 0 aromatic heterocycles. The molecule has 0 aliphatic heterocycles. The van der Waals surface area contributed by atoms with E-state index < -0.39 is 39.4 Å². The SMILES string of the molecule is CC(C)(C)c1ccc(C(O)(c2ccc(C(C)(C)C)cc2C(C)(C)C)C(CO)(CO)CO)c(C(C)(C)C)c1.OP(O)O.P.P. The normalized spacial score (nSPS) is 13.1. The number of aliphatic hydroxyl groups is 4. The molecule has 0 saturated heterocycles. The maximum absolute atomic E-state index is 13.1. The highest BCUT2D eigenvalue weighted by atomic mass is 31.2. The summed E-state index contributed by atoms with van der Waals surface area (Å²) >= 11 is 0. The van der Waals surface area contributed by atoms with E-state index in [2.05, 4.69) is 95.2 Å². The summed E-state index contributed by atoms with van der Waals surface area (Å²) in [6.07, 6.45) is 0. The zero-order chi connectivity index (χ0) is 32.4. The third-order valence-corrected chi connectivity index (χ3v) is 7.84. The lowest BCUT2D eigenvalue weighted by Crippen LogP contribution is -2.55. The van der Waals surface area contributed by atoms with E-state index in [-0.39, 0.29) is 41.5 Å². The van der Waals surface area contributed by atoms with Crippen LogP contribution in [0, 0.1) is 5.41 Å². The van der Waals surface area contributed by atoms with Gasteiger partial charge in [0.25, 0.3) is 0 Å². The molecule has 2 aromatic carbocycles. The van der Waals surface area contributed by atoms with Crippen LogP contribution in [0.25, 0.3) is 0 Å². The summed E-state index contributed by atoms with van der Waals surface area (Å²) in [5.74, 6) is 0. The van der Waals surface area contributed by atoms with Gasteiger partial charge >= 0.3 is 8.60 Å². The van der Waals surface area contributed by atoms with Gasteiger partial charge < -0.3 is 35.1 Å². The van der Waals surface area contributed by atoms with Crippen LogP contribution < -0.4 is 0 Å². The van der Waals surface area contributed by atoms with Crippen molar-refractivity contribution in [3.63, 3.8) is 0 Å². The highest BCUT2D eigenvalue weighted by molar-refractivity contribution is 7.38. The van der Waals surface area contributed by atoms with Crippen molar-refractivity contribution in [1.29, 1.82) is 0 Å². The van der Waals surface area contributed by atoms with Gasteiger partial charge in [0.1, 0.15) is 5.60 Å². The molecule has 0 saturated carbocycles. The number of hydrogen-bond acceptors (Lipinski definition) is 7. The Hall–Kier alpha value is -0.550. The zero-order valence-electron chi connectivity index (χ0n) is 28.6. The van der Waals surface area contributed by atoms with Crippen LogP contribution in [0.2, 0.25) is 0 Å². The molecule has 2 aromatic rings. The second-order valence-electron chi connectivity index (χ2n) is 15.3. The molecule has 10 heteroatoms. The van der Waals surface area contributed by atoms with Crippen molar-refractivity contribution in [2.45, 2.75) is 110 Å². The Bertz CT molecular complexity index is 1060. The number of rotatable bonds is 6. The predicted octanol–water partition coefficient (Wildman–Crippen LogP) is 5.38. The van der Waals surface area contributed by atoms with E-state index >= 15 is 0 Å². The zero-order valence-corrected chi connectivity index (χ0v) is 32.3. The van der Waals surface area contributed by atoms with Gasteiger partial charge in [0, 0.05) is 0 Å². The van der Waals surface area contributed by atoms with Crippen LogP contribution in [0.1, 0.15) is 116 Å². The van der Waals surface area contributed by atoms with E-state index in [1.807, 2.05) is 24.3 Å².